The van der Waals surface area contributed by atoms with Crippen molar-refractivity contribution in [2.24, 2.45) is 11.7 Å². The van der Waals surface area contributed by atoms with E-state index in [1.165, 1.54) is 51.9 Å². The van der Waals surface area contributed by atoms with Crippen molar-refractivity contribution in [2.45, 2.75) is 38.1 Å². The zero-order valence-electron chi connectivity index (χ0n) is 12.7. The van der Waals surface area contributed by atoms with E-state index in [-0.39, 0.29) is 5.54 Å². The van der Waals surface area contributed by atoms with Gasteiger partial charge in [0.25, 0.3) is 0 Å². The fourth-order valence-electron chi connectivity index (χ4n) is 3.54. The third-order valence-corrected chi connectivity index (χ3v) is 5.30. The molecule has 0 bridgehead atoms. The summed E-state index contributed by atoms with van der Waals surface area (Å²) in [7, 11) is 2.28. The van der Waals surface area contributed by atoms with Gasteiger partial charge in [0, 0.05) is 31.8 Å². The third-order valence-electron chi connectivity index (χ3n) is 5.30. The third kappa shape index (κ3) is 3.69. The van der Waals surface area contributed by atoms with Crippen molar-refractivity contribution >= 4 is 0 Å². The fraction of sp³-hybridized carbons (Fsp3) is 1.00. The Labute approximate surface area is 118 Å². The first-order chi connectivity index (χ1) is 9.20. The molecule has 0 aromatic heterocycles. The van der Waals surface area contributed by atoms with Crippen LogP contribution >= 0.6 is 0 Å². The largest absolute Gasteiger partial charge is 0.381 e. The first kappa shape index (κ1) is 15.2. The molecule has 0 saturated carbocycles. The molecule has 2 aliphatic rings. The number of nitrogens with zero attached hydrogens (tertiary/aromatic N) is 2. The second-order valence-electron chi connectivity index (χ2n) is 6.30. The lowest BCUT2D eigenvalue weighted by molar-refractivity contribution is 0.00959. The Morgan fingerprint density at radius 1 is 1.26 bits per heavy atom. The molecule has 2 N–H and O–H groups in total. The van der Waals surface area contributed by atoms with E-state index in [1.54, 1.807) is 0 Å². The van der Waals surface area contributed by atoms with Gasteiger partial charge in [0.15, 0.2) is 0 Å². The molecule has 4 heteroatoms. The van der Waals surface area contributed by atoms with Crippen LogP contribution in [0.2, 0.25) is 0 Å². The maximum absolute atomic E-state index is 6.15. The molecule has 0 amide bonds. The summed E-state index contributed by atoms with van der Waals surface area (Å²) < 4.78 is 5.46. The minimum Gasteiger partial charge on any atom is -0.381 e. The topological polar surface area (TPSA) is 41.7 Å². The highest BCUT2D eigenvalue weighted by Gasteiger charge is 2.37. The summed E-state index contributed by atoms with van der Waals surface area (Å²) in [4.78, 5) is 5.10. The number of hydrogen-bond acceptors (Lipinski definition) is 4. The van der Waals surface area contributed by atoms with Gasteiger partial charge in [-0.25, -0.2) is 0 Å². The van der Waals surface area contributed by atoms with E-state index in [0.29, 0.717) is 0 Å². The van der Waals surface area contributed by atoms with Crippen LogP contribution in [-0.2, 0) is 4.74 Å². The molecule has 0 unspecified atom stereocenters. The van der Waals surface area contributed by atoms with Crippen molar-refractivity contribution in [1.82, 2.24) is 9.80 Å². The first-order valence-electron chi connectivity index (χ1n) is 7.91. The van der Waals surface area contributed by atoms with E-state index in [2.05, 4.69) is 23.8 Å². The van der Waals surface area contributed by atoms with E-state index in [1.807, 2.05) is 0 Å². The Kier molecular flexibility index (Phi) is 5.63. The Balaban J connectivity index is 1.88. The maximum Gasteiger partial charge on any atom is 0.0469 e. The van der Waals surface area contributed by atoms with E-state index in [4.69, 9.17) is 10.5 Å². The second kappa shape index (κ2) is 7.02. The second-order valence-corrected chi connectivity index (χ2v) is 6.30. The van der Waals surface area contributed by atoms with E-state index >= 15 is 0 Å². The van der Waals surface area contributed by atoms with Gasteiger partial charge in [-0.05, 0) is 58.3 Å². The monoisotopic (exact) mass is 269 g/mol. The average molecular weight is 269 g/mol. The van der Waals surface area contributed by atoms with Crippen LogP contribution in [0.3, 0.4) is 0 Å². The molecule has 19 heavy (non-hydrogen) atoms. The maximum atomic E-state index is 6.15. The van der Waals surface area contributed by atoms with Gasteiger partial charge in [-0.15, -0.1) is 0 Å². The summed E-state index contributed by atoms with van der Waals surface area (Å²) in [6.45, 7) is 9.69. The fourth-order valence-corrected chi connectivity index (χ4v) is 3.54. The molecule has 2 saturated heterocycles. The Hall–Kier alpha value is -0.160. The van der Waals surface area contributed by atoms with Crippen molar-refractivity contribution in [2.75, 3.05) is 53.0 Å². The molecule has 0 aliphatic carbocycles. The van der Waals surface area contributed by atoms with Gasteiger partial charge in [0.1, 0.15) is 0 Å². The molecule has 112 valence electrons. The van der Waals surface area contributed by atoms with Gasteiger partial charge in [-0.3, -0.25) is 4.90 Å². The Bertz CT molecular complexity index is 258. The molecule has 0 spiro atoms. The summed E-state index contributed by atoms with van der Waals surface area (Å²) in [5.74, 6) is 0.798. The number of nitrogens with two attached hydrogens (primary N) is 1. The van der Waals surface area contributed by atoms with Crippen LogP contribution < -0.4 is 5.73 Å². The number of rotatable bonds is 5. The highest BCUT2D eigenvalue weighted by Crippen LogP contribution is 2.29. The quantitative estimate of drug-likeness (QED) is 0.813. The van der Waals surface area contributed by atoms with Gasteiger partial charge in [0.2, 0.25) is 0 Å². The van der Waals surface area contributed by atoms with Crippen molar-refractivity contribution in [3.05, 3.63) is 0 Å². The van der Waals surface area contributed by atoms with Crippen LogP contribution in [0.25, 0.3) is 0 Å². The van der Waals surface area contributed by atoms with Crippen LogP contribution in [0.15, 0.2) is 0 Å². The highest BCUT2D eigenvalue weighted by atomic mass is 16.5. The molecule has 0 atom stereocenters. The molecule has 4 nitrogen and oxygen atoms in total. The van der Waals surface area contributed by atoms with Gasteiger partial charge in [-0.1, -0.05) is 6.92 Å². The van der Waals surface area contributed by atoms with E-state index in [0.717, 1.165) is 25.7 Å². The molecular formula is C15H31N3O. The van der Waals surface area contributed by atoms with Gasteiger partial charge in [-0.2, -0.15) is 0 Å². The molecule has 0 aromatic rings. The number of likely N-dealkylation sites (N-methyl/N-ethyl adjacent to an activating group) is 1. The smallest absolute Gasteiger partial charge is 0.0469 e. The van der Waals surface area contributed by atoms with E-state index in [9.17, 15) is 0 Å². The van der Waals surface area contributed by atoms with Crippen molar-refractivity contribution in [3.63, 3.8) is 0 Å². The van der Waals surface area contributed by atoms with Crippen molar-refractivity contribution in [1.29, 1.82) is 0 Å². The minimum absolute atomic E-state index is 0.240. The van der Waals surface area contributed by atoms with Gasteiger partial charge < -0.3 is 15.4 Å². The van der Waals surface area contributed by atoms with Crippen LogP contribution in [0.1, 0.15) is 32.6 Å². The summed E-state index contributed by atoms with van der Waals surface area (Å²) in [6.07, 6.45) is 4.87. The lowest BCUT2D eigenvalue weighted by Gasteiger charge is -2.48. The molecule has 2 fully saturated rings. The normalized spacial score (nSPS) is 25.9. The summed E-state index contributed by atoms with van der Waals surface area (Å²) in [5, 5.41) is 0. The number of ether oxygens (including phenoxy) is 1. The zero-order chi connectivity index (χ0) is 13.7. The molecule has 2 heterocycles. The van der Waals surface area contributed by atoms with Crippen LogP contribution in [0.5, 0.6) is 0 Å². The van der Waals surface area contributed by atoms with Crippen molar-refractivity contribution in [3.8, 4) is 0 Å². The average Bonchev–Trinajstić information content (AvgIpc) is 2.48. The molecule has 2 aliphatic heterocycles. The zero-order valence-corrected chi connectivity index (χ0v) is 12.7. The predicted molar refractivity (Wildman–Crippen MR) is 79.3 cm³/mol. The molecule has 0 aromatic carbocycles. The number of likely N-dealkylation sites (tertiary alicyclic amines) is 1. The number of piperidine rings is 1. The summed E-state index contributed by atoms with van der Waals surface area (Å²) in [6, 6.07) is 0. The summed E-state index contributed by atoms with van der Waals surface area (Å²) in [5.41, 5.74) is 6.39. The Morgan fingerprint density at radius 2 is 1.89 bits per heavy atom. The molecule has 2 rings (SSSR count). The van der Waals surface area contributed by atoms with Crippen LogP contribution in [0.4, 0.5) is 0 Å². The number of hydrogen-bond donors (Lipinski definition) is 1. The predicted octanol–water partition coefficient (Wildman–Crippen LogP) is 1.16. The molecule has 0 radical (unpaired) electrons. The van der Waals surface area contributed by atoms with Crippen molar-refractivity contribution < 1.29 is 4.74 Å². The SMILES string of the molecule is CCN1CCC(CN)(N(C)CC2CCOCC2)CC1. The summed E-state index contributed by atoms with van der Waals surface area (Å²) >= 11 is 0. The minimum atomic E-state index is 0.240. The standard InChI is InChI=1S/C15H31N3O/c1-3-18-8-6-15(13-16,7-9-18)17(2)12-14-4-10-19-11-5-14/h14H,3-13,16H2,1-2H3. The molecular weight excluding hydrogens is 238 g/mol. The van der Waals surface area contributed by atoms with Gasteiger partial charge >= 0.3 is 0 Å². The first-order valence-corrected chi connectivity index (χ1v) is 7.91. The highest BCUT2D eigenvalue weighted by molar-refractivity contribution is 4.95. The lowest BCUT2D eigenvalue weighted by Crippen LogP contribution is -2.59. The lowest BCUT2D eigenvalue weighted by atomic mass is 9.84. The Morgan fingerprint density at radius 3 is 2.42 bits per heavy atom. The van der Waals surface area contributed by atoms with Gasteiger partial charge in [0.05, 0.1) is 0 Å². The van der Waals surface area contributed by atoms with Crippen LogP contribution in [0, 0.1) is 5.92 Å². The van der Waals surface area contributed by atoms with E-state index < -0.39 is 0 Å². The van der Waals surface area contributed by atoms with Crippen LogP contribution in [-0.4, -0.2) is 68.3 Å².